The zero-order valence-corrected chi connectivity index (χ0v) is 11.7. The van der Waals surface area contributed by atoms with Crippen LogP contribution in [0.4, 0.5) is 0 Å². The number of nitrogens with zero attached hydrogens (tertiary/aromatic N) is 1. The van der Waals surface area contributed by atoms with Crippen molar-refractivity contribution >= 4 is 11.8 Å². The van der Waals surface area contributed by atoms with E-state index in [-0.39, 0.29) is 18.2 Å². The van der Waals surface area contributed by atoms with Crippen LogP contribution < -0.4 is 10.6 Å². The third kappa shape index (κ3) is 4.18. The summed E-state index contributed by atoms with van der Waals surface area (Å²) in [6.45, 7) is 4.89. The van der Waals surface area contributed by atoms with Crippen molar-refractivity contribution in [3.63, 3.8) is 0 Å². The number of carbonyl (C=O) groups excluding carboxylic acids is 2. The van der Waals surface area contributed by atoms with Crippen LogP contribution in [0, 0.1) is 0 Å². The molecular weight excluding hydrogens is 258 g/mol. The minimum absolute atomic E-state index is 0.152. The molecule has 2 rings (SSSR count). The monoisotopic (exact) mass is 279 g/mol. The summed E-state index contributed by atoms with van der Waals surface area (Å²) in [5.74, 6) is -0.639. The predicted molar refractivity (Wildman–Crippen MR) is 74.3 cm³/mol. The summed E-state index contributed by atoms with van der Waals surface area (Å²) in [5, 5.41) is 5.74. The smallest absolute Gasteiger partial charge is 0.293 e. The Hall–Kier alpha value is -1.66. The number of imide groups is 1. The van der Waals surface area contributed by atoms with Crippen LogP contribution in [0.2, 0.25) is 0 Å². The highest BCUT2D eigenvalue weighted by Crippen LogP contribution is 2.06. The molecule has 1 saturated heterocycles. The second-order valence-corrected chi connectivity index (χ2v) is 4.98. The average Bonchev–Trinajstić information content (AvgIpc) is 3.10. The van der Waals surface area contributed by atoms with Crippen LogP contribution >= 0.6 is 0 Å². The van der Waals surface area contributed by atoms with Crippen LogP contribution in [0.3, 0.4) is 0 Å². The van der Waals surface area contributed by atoms with E-state index in [4.69, 9.17) is 4.42 Å². The number of rotatable bonds is 6. The highest BCUT2D eigenvalue weighted by molar-refractivity contribution is 6.03. The van der Waals surface area contributed by atoms with Crippen molar-refractivity contribution in [3.8, 4) is 0 Å². The van der Waals surface area contributed by atoms with Gasteiger partial charge in [0.25, 0.3) is 5.91 Å². The first-order valence-electron chi connectivity index (χ1n) is 7.02. The van der Waals surface area contributed by atoms with Crippen molar-refractivity contribution in [2.75, 3.05) is 26.2 Å². The molecule has 6 heteroatoms. The zero-order chi connectivity index (χ0) is 14.4. The van der Waals surface area contributed by atoms with Gasteiger partial charge in [-0.25, -0.2) is 0 Å². The SMILES string of the molecule is CCN(CC(=O)NC(=O)c1ccco1)CC1CCCN1. The molecule has 0 spiro atoms. The van der Waals surface area contributed by atoms with E-state index >= 15 is 0 Å². The highest BCUT2D eigenvalue weighted by Gasteiger charge is 2.20. The molecule has 2 heterocycles. The van der Waals surface area contributed by atoms with Gasteiger partial charge in [-0.2, -0.15) is 0 Å². The molecular formula is C14H21N3O3. The minimum atomic E-state index is -0.491. The van der Waals surface area contributed by atoms with Crippen molar-refractivity contribution in [2.24, 2.45) is 0 Å². The van der Waals surface area contributed by atoms with Gasteiger partial charge < -0.3 is 9.73 Å². The standard InChI is InChI=1S/C14H21N3O3/c1-2-17(9-11-5-3-7-15-11)10-13(18)16-14(19)12-6-4-8-20-12/h4,6,8,11,15H,2-3,5,7,9-10H2,1H3,(H,16,18,19). The first-order chi connectivity index (χ1) is 9.69. The first kappa shape index (κ1) is 14.7. The normalized spacial score (nSPS) is 18.4. The Kier molecular flexibility index (Phi) is 5.31. The largest absolute Gasteiger partial charge is 0.459 e. The van der Waals surface area contributed by atoms with Crippen LogP contribution in [0.1, 0.15) is 30.3 Å². The Labute approximate surface area is 118 Å². The van der Waals surface area contributed by atoms with E-state index in [1.807, 2.05) is 11.8 Å². The van der Waals surface area contributed by atoms with Gasteiger partial charge in [0.05, 0.1) is 12.8 Å². The van der Waals surface area contributed by atoms with Crippen molar-refractivity contribution in [2.45, 2.75) is 25.8 Å². The van der Waals surface area contributed by atoms with E-state index < -0.39 is 5.91 Å². The lowest BCUT2D eigenvalue weighted by Crippen LogP contribution is -2.44. The Morgan fingerprint density at radius 1 is 1.55 bits per heavy atom. The summed E-state index contributed by atoms with van der Waals surface area (Å²) in [6.07, 6.45) is 3.73. The van der Waals surface area contributed by atoms with E-state index in [9.17, 15) is 9.59 Å². The van der Waals surface area contributed by atoms with Crippen LogP contribution in [0.25, 0.3) is 0 Å². The number of nitrogens with one attached hydrogen (secondary N) is 2. The summed E-state index contributed by atoms with van der Waals surface area (Å²) >= 11 is 0. The molecule has 1 aliphatic heterocycles. The van der Waals surface area contributed by atoms with E-state index in [0.29, 0.717) is 6.04 Å². The summed E-state index contributed by atoms with van der Waals surface area (Å²) in [7, 11) is 0. The molecule has 6 nitrogen and oxygen atoms in total. The van der Waals surface area contributed by atoms with Gasteiger partial charge in [0.1, 0.15) is 0 Å². The fourth-order valence-corrected chi connectivity index (χ4v) is 2.37. The number of hydrogen-bond donors (Lipinski definition) is 2. The molecule has 0 bridgehead atoms. The molecule has 1 fully saturated rings. The maximum absolute atomic E-state index is 11.9. The molecule has 1 aromatic heterocycles. The molecule has 1 aromatic rings. The number of furan rings is 1. The Bertz CT molecular complexity index is 439. The van der Waals surface area contributed by atoms with Gasteiger partial charge in [0.15, 0.2) is 5.76 Å². The maximum atomic E-state index is 11.9. The number of amides is 2. The second-order valence-electron chi connectivity index (χ2n) is 4.98. The first-order valence-corrected chi connectivity index (χ1v) is 7.02. The molecule has 0 radical (unpaired) electrons. The molecule has 0 aromatic carbocycles. The number of carbonyl (C=O) groups is 2. The molecule has 20 heavy (non-hydrogen) atoms. The number of hydrogen-bond acceptors (Lipinski definition) is 5. The van der Waals surface area contributed by atoms with Gasteiger partial charge in [0, 0.05) is 12.6 Å². The fraction of sp³-hybridized carbons (Fsp3) is 0.571. The molecule has 2 N–H and O–H groups in total. The van der Waals surface area contributed by atoms with Crippen molar-refractivity contribution in [3.05, 3.63) is 24.2 Å². The van der Waals surface area contributed by atoms with Gasteiger partial charge in [0.2, 0.25) is 5.91 Å². The Morgan fingerprint density at radius 3 is 3.00 bits per heavy atom. The lowest BCUT2D eigenvalue weighted by molar-refractivity contribution is -0.121. The van der Waals surface area contributed by atoms with Gasteiger partial charge in [-0.05, 0) is 38.1 Å². The maximum Gasteiger partial charge on any atom is 0.293 e. The second kappa shape index (κ2) is 7.21. The Morgan fingerprint density at radius 2 is 2.40 bits per heavy atom. The summed E-state index contributed by atoms with van der Waals surface area (Å²) in [4.78, 5) is 25.6. The molecule has 110 valence electrons. The van der Waals surface area contributed by atoms with E-state index in [2.05, 4.69) is 10.6 Å². The topological polar surface area (TPSA) is 74.6 Å². The van der Waals surface area contributed by atoms with E-state index in [0.717, 1.165) is 26.1 Å². The van der Waals surface area contributed by atoms with E-state index in [1.54, 1.807) is 6.07 Å². The third-order valence-corrected chi connectivity index (χ3v) is 3.45. The molecule has 1 atom stereocenters. The van der Waals surface area contributed by atoms with Gasteiger partial charge in [-0.15, -0.1) is 0 Å². The van der Waals surface area contributed by atoms with Gasteiger partial charge in [-0.1, -0.05) is 6.92 Å². The van der Waals surface area contributed by atoms with Crippen molar-refractivity contribution in [1.82, 2.24) is 15.5 Å². The minimum Gasteiger partial charge on any atom is -0.459 e. The molecule has 0 saturated carbocycles. The third-order valence-electron chi connectivity index (χ3n) is 3.45. The van der Waals surface area contributed by atoms with Gasteiger partial charge in [-0.3, -0.25) is 19.8 Å². The van der Waals surface area contributed by atoms with Crippen molar-refractivity contribution in [1.29, 1.82) is 0 Å². The lowest BCUT2D eigenvalue weighted by atomic mass is 10.2. The fourth-order valence-electron chi connectivity index (χ4n) is 2.37. The van der Waals surface area contributed by atoms with Crippen LogP contribution in [0.15, 0.2) is 22.8 Å². The van der Waals surface area contributed by atoms with Crippen LogP contribution in [-0.4, -0.2) is 48.9 Å². The highest BCUT2D eigenvalue weighted by atomic mass is 16.3. The average molecular weight is 279 g/mol. The van der Waals surface area contributed by atoms with Crippen LogP contribution in [0.5, 0.6) is 0 Å². The summed E-state index contributed by atoms with van der Waals surface area (Å²) in [6, 6.07) is 3.59. The zero-order valence-electron chi connectivity index (χ0n) is 11.7. The molecule has 1 unspecified atom stereocenters. The molecule has 1 aliphatic rings. The Balaban J connectivity index is 1.78. The molecule has 2 amide bonds. The molecule has 0 aliphatic carbocycles. The quantitative estimate of drug-likeness (QED) is 0.798. The van der Waals surface area contributed by atoms with E-state index in [1.165, 1.54) is 18.8 Å². The van der Waals surface area contributed by atoms with Gasteiger partial charge >= 0.3 is 0 Å². The summed E-state index contributed by atoms with van der Waals surface area (Å²) in [5.41, 5.74) is 0. The lowest BCUT2D eigenvalue weighted by Gasteiger charge is -2.23. The predicted octanol–water partition coefficient (Wildman–Crippen LogP) is 0.610. The number of likely N-dealkylation sites (N-methyl/N-ethyl adjacent to an activating group) is 1. The van der Waals surface area contributed by atoms with Crippen LogP contribution in [-0.2, 0) is 4.79 Å². The van der Waals surface area contributed by atoms with Crippen molar-refractivity contribution < 1.29 is 14.0 Å². The summed E-state index contributed by atoms with van der Waals surface area (Å²) < 4.78 is 4.95.